The fourth-order valence-electron chi connectivity index (χ4n) is 3.58. The standard InChI is InChI=1S/C16H27N3O4S/c1-17-8-9-19(14(21)4-10-24-2)12-16(17)5-3-13(20)18(7-6-16)11-15(22)23/h3-12H2,1-2H3,(H,22,23). The van der Waals surface area contributed by atoms with E-state index in [2.05, 4.69) is 4.90 Å². The number of hydrogen-bond acceptors (Lipinski definition) is 5. The highest BCUT2D eigenvalue weighted by molar-refractivity contribution is 7.98. The van der Waals surface area contributed by atoms with Gasteiger partial charge in [-0.2, -0.15) is 11.8 Å². The third-order valence-electron chi connectivity index (χ3n) is 5.20. The summed E-state index contributed by atoms with van der Waals surface area (Å²) in [5, 5.41) is 8.97. The van der Waals surface area contributed by atoms with Crippen molar-refractivity contribution in [3.05, 3.63) is 0 Å². The van der Waals surface area contributed by atoms with E-state index >= 15 is 0 Å². The predicted octanol–water partition coefficient (Wildman–Crippen LogP) is 0.349. The van der Waals surface area contributed by atoms with Crippen LogP contribution in [0.3, 0.4) is 0 Å². The second-order valence-corrected chi connectivity index (χ2v) is 7.65. The molecule has 136 valence electrons. The first-order valence-corrected chi connectivity index (χ1v) is 9.75. The number of amides is 2. The van der Waals surface area contributed by atoms with Crippen LogP contribution < -0.4 is 0 Å². The van der Waals surface area contributed by atoms with Crippen LogP contribution in [0.15, 0.2) is 0 Å². The Labute approximate surface area is 147 Å². The third kappa shape index (κ3) is 4.42. The minimum atomic E-state index is -0.981. The molecule has 2 heterocycles. The maximum absolute atomic E-state index is 12.4. The number of carboxylic acid groups (broad SMARTS) is 1. The Bertz CT molecular complexity index is 502. The first-order chi connectivity index (χ1) is 11.4. The van der Waals surface area contributed by atoms with Gasteiger partial charge >= 0.3 is 5.97 Å². The van der Waals surface area contributed by atoms with Gasteiger partial charge in [-0.1, -0.05) is 0 Å². The number of carboxylic acids is 1. The Morgan fingerprint density at radius 3 is 2.67 bits per heavy atom. The molecule has 8 heteroatoms. The smallest absolute Gasteiger partial charge is 0.323 e. The minimum Gasteiger partial charge on any atom is -0.480 e. The van der Waals surface area contributed by atoms with Gasteiger partial charge in [0.2, 0.25) is 11.8 Å². The van der Waals surface area contributed by atoms with Crippen LogP contribution in [0.2, 0.25) is 0 Å². The molecular weight excluding hydrogens is 330 g/mol. The topological polar surface area (TPSA) is 81.2 Å². The summed E-state index contributed by atoms with van der Waals surface area (Å²) in [6, 6.07) is 0. The van der Waals surface area contributed by atoms with E-state index in [1.807, 2.05) is 18.2 Å². The SMILES string of the molecule is CSCCC(=O)N1CCN(C)C2(CCC(=O)N(CC(=O)O)CC2)C1. The highest BCUT2D eigenvalue weighted by atomic mass is 32.2. The molecule has 1 spiro atoms. The Morgan fingerprint density at radius 1 is 1.25 bits per heavy atom. The first-order valence-electron chi connectivity index (χ1n) is 8.35. The molecule has 0 bridgehead atoms. The van der Waals surface area contributed by atoms with Crippen LogP contribution in [0.1, 0.15) is 25.7 Å². The Kier molecular flexibility index (Phi) is 6.51. The zero-order chi connectivity index (χ0) is 17.7. The third-order valence-corrected chi connectivity index (χ3v) is 5.82. The number of thioether (sulfide) groups is 1. The summed E-state index contributed by atoms with van der Waals surface area (Å²) >= 11 is 1.67. The van der Waals surface area contributed by atoms with Crippen molar-refractivity contribution >= 4 is 29.5 Å². The second kappa shape index (κ2) is 8.20. The molecule has 2 amide bonds. The van der Waals surface area contributed by atoms with Gasteiger partial charge < -0.3 is 14.9 Å². The molecule has 1 N–H and O–H groups in total. The van der Waals surface area contributed by atoms with E-state index in [0.29, 0.717) is 38.8 Å². The average Bonchev–Trinajstić information content (AvgIpc) is 2.69. The summed E-state index contributed by atoms with van der Waals surface area (Å²) in [5.74, 6) is -0.0864. The number of aliphatic carboxylic acids is 1. The highest BCUT2D eigenvalue weighted by Crippen LogP contribution is 2.32. The van der Waals surface area contributed by atoms with E-state index in [1.54, 1.807) is 11.8 Å². The van der Waals surface area contributed by atoms with Gasteiger partial charge in [0.25, 0.3) is 0 Å². The van der Waals surface area contributed by atoms with Gasteiger partial charge in [0, 0.05) is 50.3 Å². The number of nitrogens with zero attached hydrogens (tertiary/aromatic N) is 3. The molecule has 2 aliphatic heterocycles. The van der Waals surface area contributed by atoms with Gasteiger partial charge in [0.1, 0.15) is 6.54 Å². The monoisotopic (exact) mass is 357 g/mol. The summed E-state index contributed by atoms with van der Waals surface area (Å²) in [4.78, 5) is 41.1. The van der Waals surface area contributed by atoms with Gasteiger partial charge in [-0.05, 0) is 26.1 Å². The summed E-state index contributed by atoms with van der Waals surface area (Å²) in [7, 11) is 2.04. The average molecular weight is 357 g/mol. The summed E-state index contributed by atoms with van der Waals surface area (Å²) in [6.07, 6.45) is 4.25. The molecule has 2 saturated heterocycles. The molecule has 0 aromatic heterocycles. The van der Waals surface area contributed by atoms with Crippen LogP contribution in [0.4, 0.5) is 0 Å². The number of likely N-dealkylation sites (N-methyl/N-ethyl adjacent to an activating group) is 1. The fourth-order valence-corrected chi connectivity index (χ4v) is 3.96. The second-order valence-electron chi connectivity index (χ2n) is 6.66. The predicted molar refractivity (Wildman–Crippen MR) is 93.0 cm³/mol. The van der Waals surface area contributed by atoms with E-state index < -0.39 is 5.97 Å². The summed E-state index contributed by atoms with van der Waals surface area (Å²) in [5.41, 5.74) is -0.226. The van der Waals surface area contributed by atoms with Crippen LogP contribution >= 0.6 is 11.8 Å². The molecule has 24 heavy (non-hydrogen) atoms. The Morgan fingerprint density at radius 2 is 2.00 bits per heavy atom. The van der Waals surface area contributed by atoms with Gasteiger partial charge in [-0.3, -0.25) is 19.3 Å². The van der Waals surface area contributed by atoms with Crippen LogP contribution in [-0.2, 0) is 14.4 Å². The van der Waals surface area contributed by atoms with Crippen molar-refractivity contribution < 1.29 is 19.5 Å². The molecule has 1 atom stereocenters. The Balaban J connectivity index is 2.07. The molecule has 0 aromatic carbocycles. The zero-order valence-corrected chi connectivity index (χ0v) is 15.3. The van der Waals surface area contributed by atoms with E-state index in [0.717, 1.165) is 18.8 Å². The molecule has 2 aliphatic rings. The van der Waals surface area contributed by atoms with Gasteiger partial charge in [0.15, 0.2) is 0 Å². The first kappa shape index (κ1) is 19.1. The van der Waals surface area contributed by atoms with Crippen LogP contribution in [0.5, 0.6) is 0 Å². The molecular formula is C16H27N3O4S. The van der Waals surface area contributed by atoms with Crippen molar-refractivity contribution in [2.45, 2.75) is 31.2 Å². The van der Waals surface area contributed by atoms with Crippen molar-refractivity contribution in [2.75, 3.05) is 51.8 Å². The molecule has 0 saturated carbocycles. The summed E-state index contributed by atoms with van der Waals surface area (Å²) < 4.78 is 0. The van der Waals surface area contributed by atoms with E-state index in [-0.39, 0.29) is 23.9 Å². The largest absolute Gasteiger partial charge is 0.480 e. The number of carbonyl (C=O) groups is 3. The lowest BCUT2D eigenvalue weighted by Crippen LogP contribution is -2.62. The summed E-state index contributed by atoms with van der Waals surface area (Å²) in [6.45, 7) is 2.33. The molecule has 0 aromatic rings. The number of hydrogen-bond donors (Lipinski definition) is 1. The minimum absolute atomic E-state index is 0.103. The van der Waals surface area contributed by atoms with E-state index in [9.17, 15) is 14.4 Å². The quantitative estimate of drug-likeness (QED) is 0.765. The zero-order valence-electron chi connectivity index (χ0n) is 14.5. The maximum Gasteiger partial charge on any atom is 0.323 e. The van der Waals surface area contributed by atoms with Crippen molar-refractivity contribution in [2.24, 2.45) is 0 Å². The fraction of sp³-hybridized carbons (Fsp3) is 0.812. The van der Waals surface area contributed by atoms with Crippen molar-refractivity contribution in [1.29, 1.82) is 0 Å². The van der Waals surface area contributed by atoms with Crippen molar-refractivity contribution in [1.82, 2.24) is 14.7 Å². The molecule has 0 radical (unpaired) electrons. The van der Waals surface area contributed by atoms with Gasteiger partial charge in [-0.25, -0.2) is 0 Å². The number of carbonyl (C=O) groups excluding carboxylic acids is 2. The number of piperazine rings is 1. The number of likely N-dealkylation sites (tertiary alicyclic amines) is 1. The lowest BCUT2D eigenvalue weighted by atomic mass is 9.86. The van der Waals surface area contributed by atoms with Gasteiger partial charge in [-0.15, -0.1) is 0 Å². The van der Waals surface area contributed by atoms with Crippen LogP contribution in [0.25, 0.3) is 0 Å². The van der Waals surface area contributed by atoms with Crippen LogP contribution in [-0.4, -0.2) is 94.9 Å². The van der Waals surface area contributed by atoms with Crippen molar-refractivity contribution in [3.8, 4) is 0 Å². The van der Waals surface area contributed by atoms with Gasteiger partial charge in [0.05, 0.1) is 0 Å². The maximum atomic E-state index is 12.4. The normalized spacial score (nSPS) is 25.8. The molecule has 0 aliphatic carbocycles. The molecule has 1 unspecified atom stereocenters. The highest BCUT2D eigenvalue weighted by Gasteiger charge is 2.43. The molecule has 7 nitrogen and oxygen atoms in total. The van der Waals surface area contributed by atoms with E-state index in [4.69, 9.17) is 5.11 Å². The lowest BCUT2D eigenvalue weighted by molar-refractivity contribution is -0.144. The molecule has 2 rings (SSSR count). The Hall–Kier alpha value is -1.28. The lowest BCUT2D eigenvalue weighted by Gasteiger charge is -2.49. The van der Waals surface area contributed by atoms with Crippen molar-refractivity contribution in [3.63, 3.8) is 0 Å². The number of rotatable bonds is 5. The van der Waals surface area contributed by atoms with Crippen LogP contribution in [0, 0.1) is 0 Å². The molecule has 2 fully saturated rings. The van der Waals surface area contributed by atoms with E-state index in [1.165, 1.54) is 4.90 Å².